The van der Waals surface area contributed by atoms with Crippen molar-refractivity contribution in [2.24, 2.45) is 0 Å². The number of urea groups is 1. The second kappa shape index (κ2) is 7.52. The lowest BCUT2D eigenvalue weighted by atomic mass is 10.1. The van der Waals surface area contributed by atoms with Crippen LogP contribution in [-0.2, 0) is 11.2 Å². The zero-order chi connectivity index (χ0) is 15.1. The lowest BCUT2D eigenvalue weighted by Gasteiger charge is -2.32. The minimum Gasteiger partial charge on any atom is -0.473 e. The average molecular weight is 291 g/mol. The first-order chi connectivity index (χ1) is 10.2. The van der Waals surface area contributed by atoms with E-state index in [-0.39, 0.29) is 12.8 Å². The molecule has 1 fully saturated rings. The van der Waals surface area contributed by atoms with Crippen LogP contribution in [0.1, 0.15) is 12.5 Å². The number of carbonyl (C=O) groups is 2. The first-order valence-corrected chi connectivity index (χ1v) is 7.17. The van der Waals surface area contributed by atoms with Gasteiger partial charge in [0.25, 0.3) is 0 Å². The smallest absolute Gasteiger partial charge is 0.320 e. The van der Waals surface area contributed by atoms with Crippen LogP contribution >= 0.6 is 0 Å². The number of rotatable bonds is 5. The van der Waals surface area contributed by atoms with Gasteiger partial charge in [0.1, 0.15) is 5.75 Å². The molecule has 1 heterocycles. The molecule has 1 aliphatic rings. The normalized spacial score (nSPS) is 14.7. The van der Waals surface area contributed by atoms with Gasteiger partial charge in [-0.25, -0.2) is 4.79 Å². The van der Waals surface area contributed by atoms with E-state index in [0.717, 1.165) is 24.1 Å². The number of nitrogens with zero attached hydrogens (tertiary/aromatic N) is 2. The van der Waals surface area contributed by atoms with Gasteiger partial charge in [0.05, 0.1) is 0 Å². The van der Waals surface area contributed by atoms with Crippen LogP contribution in [-0.4, -0.2) is 55.2 Å². The van der Waals surface area contributed by atoms with Crippen molar-refractivity contribution in [3.05, 3.63) is 29.8 Å². The average Bonchev–Trinajstić information content (AvgIpc) is 2.55. The van der Waals surface area contributed by atoms with Crippen molar-refractivity contribution in [2.75, 3.05) is 32.9 Å². The molecule has 0 bridgehead atoms. The van der Waals surface area contributed by atoms with Crippen molar-refractivity contribution in [1.82, 2.24) is 15.1 Å². The van der Waals surface area contributed by atoms with E-state index in [4.69, 9.17) is 4.74 Å². The molecular formula is C15H21N3O3. The fourth-order valence-corrected chi connectivity index (χ4v) is 2.25. The fraction of sp³-hybridized carbons (Fsp3) is 0.467. The molecule has 0 radical (unpaired) electrons. The van der Waals surface area contributed by atoms with Crippen LogP contribution in [0.2, 0.25) is 0 Å². The summed E-state index contributed by atoms with van der Waals surface area (Å²) in [5, 5.41) is 2.74. The van der Waals surface area contributed by atoms with E-state index in [1.54, 1.807) is 9.80 Å². The minimum absolute atomic E-state index is 0.143. The Balaban J connectivity index is 1.76. The number of carbonyl (C=O) groups excluding carboxylic acids is 2. The van der Waals surface area contributed by atoms with Crippen molar-refractivity contribution in [2.45, 2.75) is 13.3 Å². The first-order valence-electron chi connectivity index (χ1n) is 7.17. The number of aryl methyl sites for hydroxylation is 1. The van der Waals surface area contributed by atoms with Gasteiger partial charge in [0.15, 0.2) is 6.73 Å². The van der Waals surface area contributed by atoms with Crippen LogP contribution in [0.5, 0.6) is 5.75 Å². The maximum Gasteiger partial charge on any atom is 0.320 e. The van der Waals surface area contributed by atoms with E-state index in [1.165, 1.54) is 0 Å². The van der Waals surface area contributed by atoms with Gasteiger partial charge in [-0.3, -0.25) is 4.79 Å². The van der Waals surface area contributed by atoms with E-state index in [2.05, 4.69) is 12.2 Å². The Bertz CT molecular complexity index is 485. The van der Waals surface area contributed by atoms with Gasteiger partial charge in [-0.2, -0.15) is 0 Å². The molecule has 1 aliphatic heterocycles. The van der Waals surface area contributed by atoms with Gasteiger partial charge < -0.3 is 19.9 Å². The molecule has 21 heavy (non-hydrogen) atoms. The number of benzene rings is 1. The fourth-order valence-electron chi connectivity index (χ4n) is 2.25. The zero-order valence-corrected chi connectivity index (χ0v) is 12.2. The number of amides is 3. The van der Waals surface area contributed by atoms with Crippen molar-refractivity contribution in [3.8, 4) is 5.75 Å². The van der Waals surface area contributed by atoms with E-state index in [1.807, 2.05) is 24.3 Å². The highest BCUT2D eigenvalue weighted by Gasteiger charge is 2.19. The highest BCUT2D eigenvalue weighted by atomic mass is 16.5. The SMILES string of the molecule is CCc1ccccc1OCNC(=O)N1CCN(C=O)CC1. The monoisotopic (exact) mass is 291 g/mol. The summed E-state index contributed by atoms with van der Waals surface area (Å²) < 4.78 is 5.61. The van der Waals surface area contributed by atoms with E-state index < -0.39 is 0 Å². The molecule has 1 N–H and O–H groups in total. The van der Waals surface area contributed by atoms with Gasteiger partial charge in [-0.1, -0.05) is 25.1 Å². The van der Waals surface area contributed by atoms with E-state index in [9.17, 15) is 9.59 Å². The van der Waals surface area contributed by atoms with Crippen molar-refractivity contribution in [3.63, 3.8) is 0 Å². The molecule has 6 heteroatoms. The number of ether oxygens (including phenoxy) is 1. The maximum atomic E-state index is 12.0. The Morgan fingerprint density at radius 1 is 1.29 bits per heavy atom. The highest BCUT2D eigenvalue weighted by molar-refractivity contribution is 5.74. The molecule has 114 valence electrons. The van der Waals surface area contributed by atoms with Gasteiger partial charge in [0.2, 0.25) is 6.41 Å². The van der Waals surface area contributed by atoms with Crippen LogP contribution in [0.25, 0.3) is 0 Å². The summed E-state index contributed by atoms with van der Waals surface area (Å²) in [6, 6.07) is 7.63. The zero-order valence-electron chi connectivity index (χ0n) is 12.2. The molecule has 6 nitrogen and oxygen atoms in total. The summed E-state index contributed by atoms with van der Waals surface area (Å²) in [6.45, 7) is 4.47. The number of nitrogens with one attached hydrogen (secondary N) is 1. The second-order valence-corrected chi connectivity index (χ2v) is 4.86. The van der Waals surface area contributed by atoms with Gasteiger partial charge in [-0.15, -0.1) is 0 Å². The van der Waals surface area contributed by atoms with Crippen molar-refractivity contribution < 1.29 is 14.3 Å². The predicted molar refractivity (Wildman–Crippen MR) is 79.1 cm³/mol. The molecule has 1 aromatic rings. The van der Waals surface area contributed by atoms with Crippen molar-refractivity contribution >= 4 is 12.4 Å². The van der Waals surface area contributed by atoms with Crippen LogP contribution in [0.4, 0.5) is 4.79 Å². The third-order valence-electron chi connectivity index (χ3n) is 3.56. The van der Waals surface area contributed by atoms with Crippen LogP contribution in [0, 0.1) is 0 Å². The quantitative estimate of drug-likeness (QED) is 0.652. The van der Waals surface area contributed by atoms with Gasteiger partial charge in [-0.05, 0) is 18.1 Å². The van der Waals surface area contributed by atoms with Gasteiger partial charge in [0, 0.05) is 26.2 Å². The van der Waals surface area contributed by atoms with Crippen LogP contribution in [0.3, 0.4) is 0 Å². The van der Waals surface area contributed by atoms with Gasteiger partial charge >= 0.3 is 6.03 Å². The topological polar surface area (TPSA) is 61.9 Å². The Kier molecular flexibility index (Phi) is 5.43. The van der Waals surface area contributed by atoms with Crippen LogP contribution in [0.15, 0.2) is 24.3 Å². The summed E-state index contributed by atoms with van der Waals surface area (Å²) >= 11 is 0. The molecular weight excluding hydrogens is 270 g/mol. The number of para-hydroxylation sites is 1. The Morgan fingerprint density at radius 2 is 2.00 bits per heavy atom. The Hall–Kier alpha value is -2.24. The molecule has 0 saturated carbocycles. The predicted octanol–water partition coefficient (Wildman–Crippen LogP) is 1.07. The number of piperazine rings is 1. The third-order valence-corrected chi connectivity index (χ3v) is 3.56. The highest BCUT2D eigenvalue weighted by Crippen LogP contribution is 2.17. The number of hydrogen-bond acceptors (Lipinski definition) is 3. The summed E-state index contributed by atoms with van der Waals surface area (Å²) in [5.74, 6) is 0.797. The summed E-state index contributed by atoms with van der Waals surface area (Å²) in [5.41, 5.74) is 1.12. The molecule has 3 amide bonds. The summed E-state index contributed by atoms with van der Waals surface area (Å²) in [6.07, 6.45) is 1.71. The Labute approximate surface area is 124 Å². The van der Waals surface area contributed by atoms with Crippen molar-refractivity contribution in [1.29, 1.82) is 0 Å². The largest absolute Gasteiger partial charge is 0.473 e. The first kappa shape index (κ1) is 15.2. The molecule has 0 spiro atoms. The van der Waals surface area contributed by atoms with E-state index in [0.29, 0.717) is 26.2 Å². The lowest BCUT2D eigenvalue weighted by molar-refractivity contribution is -0.119. The molecule has 1 aromatic carbocycles. The molecule has 0 aromatic heterocycles. The van der Waals surface area contributed by atoms with Crippen LogP contribution < -0.4 is 10.1 Å². The second-order valence-electron chi connectivity index (χ2n) is 4.86. The van der Waals surface area contributed by atoms with E-state index >= 15 is 0 Å². The molecule has 2 rings (SSSR count). The summed E-state index contributed by atoms with van der Waals surface area (Å²) in [7, 11) is 0. The summed E-state index contributed by atoms with van der Waals surface area (Å²) in [4.78, 5) is 25.9. The Morgan fingerprint density at radius 3 is 2.67 bits per heavy atom. The molecule has 0 unspecified atom stereocenters. The molecule has 0 atom stereocenters. The number of hydrogen-bond donors (Lipinski definition) is 1. The molecule has 1 saturated heterocycles. The molecule has 0 aliphatic carbocycles. The standard InChI is InChI=1S/C15H21N3O3/c1-2-13-5-3-4-6-14(13)21-11-16-15(20)18-9-7-17(12-19)8-10-18/h3-6,12H,2,7-11H2,1H3,(H,16,20). The maximum absolute atomic E-state index is 12.0. The lowest BCUT2D eigenvalue weighted by Crippen LogP contribution is -2.51. The third kappa shape index (κ3) is 4.11. The minimum atomic E-state index is -0.158.